The quantitative estimate of drug-likeness (QED) is 0.818. The van der Waals surface area contributed by atoms with Crippen LogP contribution in [-0.2, 0) is 0 Å². The highest BCUT2D eigenvalue weighted by Crippen LogP contribution is 2.36. The van der Waals surface area contributed by atoms with Crippen LogP contribution in [0, 0.1) is 5.92 Å². The fourth-order valence-electron chi connectivity index (χ4n) is 2.76. The van der Waals surface area contributed by atoms with E-state index in [1.165, 1.54) is 4.90 Å². The molecule has 2 unspecified atom stereocenters. The van der Waals surface area contributed by atoms with Crippen LogP contribution < -0.4 is 5.73 Å². The number of nitrogens with two attached hydrogens (primary N) is 1. The van der Waals surface area contributed by atoms with Crippen LogP contribution >= 0.6 is 0 Å². The Morgan fingerprint density at radius 3 is 2.50 bits per heavy atom. The highest BCUT2D eigenvalue weighted by atomic mass is 19.4. The third-order valence-electron chi connectivity index (χ3n) is 3.67. The van der Waals surface area contributed by atoms with E-state index in [0.717, 1.165) is 25.7 Å². The first-order valence-corrected chi connectivity index (χ1v) is 5.77. The minimum absolute atomic E-state index is 0.309. The maximum Gasteiger partial charge on any atom is 0.401 e. The van der Waals surface area contributed by atoms with Crippen LogP contribution in [0.5, 0.6) is 0 Å². The van der Waals surface area contributed by atoms with E-state index in [0.29, 0.717) is 12.5 Å². The number of hydrogen-bond donors (Lipinski definition) is 1. The van der Waals surface area contributed by atoms with Crippen LogP contribution in [-0.4, -0.2) is 36.8 Å². The molecule has 1 saturated carbocycles. The Hall–Kier alpha value is -0.290. The summed E-state index contributed by atoms with van der Waals surface area (Å²) < 4.78 is 37.1. The van der Waals surface area contributed by atoms with Gasteiger partial charge in [0.25, 0.3) is 0 Å². The first-order valence-electron chi connectivity index (χ1n) is 5.77. The SMILES string of the molecule is CC1CCCC(CN)(N(C)CC(F)(F)F)C1. The molecule has 0 aliphatic heterocycles. The van der Waals surface area contributed by atoms with E-state index < -0.39 is 18.3 Å². The zero-order valence-electron chi connectivity index (χ0n) is 9.98. The summed E-state index contributed by atoms with van der Waals surface area (Å²) in [5.41, 5.74) is 5.26. The van der Waals surface area contributed by atoms with Gasteiger partial charge in [0.15, 0.2) is 0 Å². The lowest BCUT2D eigenvalue weighted by Crippen LogP contribution is -2.56. The minimum Gasteiger partial charge on any atom is -0.329 e. The molecule has 0 spiro atoms. The van der Waals surface area contributed by atoms with Gasteiger partial charge in [-0.3, -0.25) is 4.90 Å². The average Bonchev–Trinajstić information content (AvgIpc) is 2.14. The van der Waals surface area contributed by atoms with E-state index in [-0.39, 0.29) is 0 Å². The molecule has 0 radical (unpaired) electrons. The molecule has 0 aromatic carbocycles. The van der Waals surface area contributed by atoms with Crippen LogP contribution in [0.4, 0.5) is 13.2 Å². The van der Waals surface area contributed by atoms with Crippen molar-refractivity contribution in [3.63, 3.8) is 0 Å². The molecule has 2 N–H and O–H groups in total. The average molecular weight is 238 g/mol. The smallest absolute Gasteiger partial charge is 0.329 e. The van der Waals surface area contributed by atoms with Crippen molar-refractivity contribution >= 4 is 0 Å². The van der Waals surface area contributed by atoms with Crippen molar-refractivity contribution in [3.05, 3.63) is 0 Å². The molecule has 96 valence electrons. The molecule has 1 rings (SSSR count). The molecule has 2 nitrogen and oxygen atoms in total. The van der Waals surface area contributed by atoms with Crippen molar-refractivity contribution in [1.29, 1.82) is 0 Å². The van der Waals surface area contributed by atoms with Gasteiger partial charge < -0.3 is 5.73 Å². The van der Waals surface area contributed by atoms with E-state index in [1.54, 1.807) is 7.05 Å². The first kappa shape index (κ1) is 13.8. The van der Waals surface area contributed by atoms with Crippen LogP contribution in [0.3, 0.4) is 0 Å². The van der Waals surface area contributed by atoms with Crippen LogP contribution in [0.1, 0.15) is 32.6 Å². The van der Waals surface area contributed by atoms with Crippen molar-refractivity contribution in [1.82, 2.24) is 4.90 Å². The van der Waals surface area contributed by atoms with Gasteiger partial charge in [0.05, 0.1) is 6.54 Å². The summed E-state index contributed by atoms with van der Waals surface area (Å²) in [6, 6.07) is 0. The second-order valence-corrected chi connectivity index (χ2v) is 5.10. The lowest BCUT2D eigenvalue weighted by atomic mass is 9.75. The number of alkyl halides is 3. The molecule has 1 fully saturated rings. The maximum atomic E-state index is 12.4. The molecule has 16 heavy (non-hydrogen) atoms. The first-order chi connectivity index (χ1) is 7.29. The highest BCUT2D eigenvalue weighted by Gasteiger charge is 2.41. The zero-order valence-corrected chi connectivity index (χ0v) is 9.98. The molecule has 0 amide bonds. The molecule has 1 aliphatic carbocycles. The van der Waals surface area contributed by atoms with Crippen LogP contribution in [0.25, 0.3) is 0 Å². The molecular weight excluding hydrogens is 217 g/mol. The van der Waals surface area contributed by atoms with E-state index in [1.807, 2.05) is 0 Å². The number of likely N-dealkylation sites (N-methyl/N-ethyl adjacent to an activating group) is 1. The molecule has 0 aromatic rings. The predicted molar refractivity (Wildman–Crippen MR) is 58.1 cm³/mol. The largest absolute Gasteiger partial charge is 0.401 e. The number of halogens is 3. The maximum absolute atomic E-state index is 12.4. The Labute approximate surface area is 95.0 Å². The number of rotatable bonds is 3. The normalized spacial score (nSPS) is 32.1. The van der Waals surface area contributed by atoms with Gasteiger partial charge in [-0.15, -0.1) is 0 Å². The Morgan fingerprint density at radius 2 is 2.06 bits per heavy atom. The lowest BCUT2D eigenvalue weighted by Gasteiger charge is -2.46. The lowest BCUT2D eigenvalue weighted by molar-refractivity contribution is -0.158. The topological polar surface area (TPSA) is 29.3 Å². The Balaban J connectivity index is 2.71. The summed E-state index contributed by atoms with van der Waals surface area (Å²) in [6.45, 7) is 1.53. The number of hydrogen-bond acceptors (Lipinski definition) is 2. The summed E-state index contributed by atoms with van der Waals surface area (Å²) in [5, 5.41) is 0. The van der Waals surface area contributed by atoms with Gasteiger partial charge in [0.2, 0.25) is 0 Å². The fraction of sp³-hybridized carbons (Fsp3) is 1.00. The van der Waals surface area contributed by atoms with Gasteiger partial charge in [-0.1, -0.05) is 19.8 Å². The van der Waals surface area contributed by atoms with Crippen LogP contribution in [0.2, 0.25) is 0 Å². The fourth-order valence-corrected chi connectivity index (χ4v) is 2.76. The molecule has 5 heteroatoms. The molecule has 0 bridgehead atoms. The second-order valence-electron chi connectivity index (χ2n) is 5.10. The molecule has 0 aromatic heterocycles. The van der Waals surface area contributed by atoms with E-state index >= 15 is 0 Å². The summed E-state index contributed by atoms with van der Waals surface area (Å²) >= 11 is 0. The highest BCUT2D eigenvalue weighted by molar-refractivity contribution is 4.95. The third-order valence-corrected chi connectivity index (χ3v) is 3.67. The Bertz CT molecular complexity index is 230. The molecule has 0 saturated heterocycles. The molecular formula is C11H21F3N2. The summed E-state index contributed by atoms with van der Waals surface area (Å²) in [5.74, 6) is 0.466. The summed E-state index contributed by atoms with van der Waals surface area (Å²) in [7, 11) is 1.54. The monoisotopic (exact) mass is 238 g/mol. The van der Waals surface area contributed by atoms with E-state index in [4.69, 9.17) is 5.73 Å². The van der Waals surface area contributed by atoms with E-state index in [2.05, 4.69) is 6.92 Å². The predicted octanol–water partition coefficient (Wildman–Crippen LogP) is 2.39. The Morgan fingerprint density at radius 1 is 1.44 bits per heavy atom. The summed E-state index contributed by atoms with van der Waals surface area (Å²) in [6.07, 6.45) is -0.518. The van der Waals surface area contributed by atoms with Crippen molar-refractivity contribution in [2.24, 2.45) is 11.7 Å². The van der Waals surface area contributed by atoms with Gasteiger partial charge in [-0.2, -0.15) is 13.2 Å². The standard InChI is InChI=1S/C11H21F3N2/c1-9-4-3-5-10(6-9,7-15)16(2)8-11(12,13)14/h9H,3-8,15H2,1-2H3. The van der Waals surface area contributed by atoms with Crippen LogP contribution in [0.15, 0.2) is 0 Å². The minimum atomic E-state index is -4.14. The summed E-state index contributed by atoms with van der Waals surface area (Å²) in [4.78, 5) is 1.41. The van der Waals surface area contributed by atoms with E-state index in [9.17, 15) is 13.2 Å². The second kappa shape index (κ2) is 4.92. The van der Waals surface area contributed by atoms with Gasteiger partial charge in [0.1, 0.15) is 0 Å². The van der Waals surface area contributed by atoms with Gasteiger partial charge >= 0.3 is 6.18 Å². The van der Waals surface area contributed by atoms with Gasteiger partial charge in [-0.05, 0) is 25.8 Å². The van der Waals surface area contributed by atoms with Gasteiger partial charge in [-0.25, -0.2) is 0 Å². The van der Waals surface area contributed by atoms with Crippen molar-refractivity contribution in [3.8, 4) is 0 Å². The molecule has 0 heterocycles. The molecule has 2 atom stereocenters. The van der Waals surface area contributed by atoms with Gasteiger partial charge in [0, 0.05) is 12.1 Å². The van der Waals surface area contributed by atoms with Crippen molar-refractivity contribution < 1.29 is 13.2 Å². The third kappa shape index (κ3) is 3.35. The molecule has 1 aliphatic rings. The van der Waals surface area contributed by atoms with Crippen molar-refractivity contribution in [2.75, 3.05) is 20.1 Å². The number of nitrogens with zero attached hydrogens (tertiary/aromatic N) is 1. The van der Waals surface area contributed by atoms with Crippen molar-refractivity contribution in [2.45, 2.75) is 44.3 Å². The zero-order chi connectivity index (χ0) is 12.4. The Kier molecular flexibility index (Phi) is 4.23.